The van der Waals surface area contributed by atoms with E-state index in [0.717, 1.165) is 35.4 Å². The summed E-state index contributed by atoms with van der Waals surface area (Å²) >= 11 is 0. The average Bonchev–Trinajstić information content (AvgIpc) is 3.23. The number of aliphatic hydroxyl groups is 1. The van der Waals surface area contributed by atoms with Crippen molar-refractivity contribution in [1.29, 1.82) is 0 Å². The number of benzene rings is 4. The highest BCUT2D eigenvalue weighted by Crippen LogP contribution is 2.49. The predicted octanol–water partition coefficient (Wildman–Crippen LogP) is 14.6. The maximum atomic E-state index is 13.6. The Morgan fingerprint density at radius 2 is 0.776 bits per heavy atom. The highest BCUT2D eigenvalue weighted by atomic mass is 19.4. The maximum absolute atomic E-state index is 13.6. The van der Waals surface area contributed by atoms with Gasteiger partial charge in [-0.15, -0.1) is 0 Å². The Morgan fingerprint density at radius 3 is 1.04 bits per heavy atom. The van der Waals surface area contributed by atoms with Crippen LogP contribution >= 0.6 is 0 Å². The van der Waals surface area contributed by atoms with E-state index in [2.05, 4.69) is 9.47 Å². The Labute approximate surface area is 382 Å². The van der Waals surface area contributed by atoms with Gasteiger partial charge in [0.25, 0.3) is 11.2 Å². The molecule has 67 heavy (non-hydrogen) atoms. The van der Waals surface area contributed by atoms with Gasteiger partial charge in [0, 0.05) is 17.9 Å². The number of alkyl halides is 12. The molecule has 0 amide bonds. The van der Waals surface area contributed by atoms with Crippen molar-refractivity contribution in [3.05, 3.63) is 141 Å². The Balaban J connectivity index is 0.000000357. The molecule has 4 aromatic rings. The molecule has 0 bridgehead atoms. The summed E-state index contributed by atoms with van der Waals surface area (Å²) in [7, 11) is 0.938. The van der Waals surface area contributed by atoms with Crippen LogP contribution in [0.4, 0.5) is 52.7 Å². The molecule has 3 N–H and O–H groups in total. The van der Waals surface area contributed by atoms with Crippen molar-refractivity contribution in [3.63, 3.8) is 0 Å². The molecule has 4 rings (SSSR count). The van der Waals surface area contributed by atoms with Gasteiger partial charge in [-0.3, -0.25) is 0 Å². The zero-order valence-corrected chi connectivity index (χ0v) is 38.5. The predicted molar refractivity (Wildman–Crippen MR) is 234 cm³/mol. The number of ether oxygens (including phenoxy) is 2. The van der Waals surface area contributed by atoms with Gasteiger partial charge in [0.2, 0.25) is 0 Å². The second kappa shape index (κ2) is 21.1. The van der Waals surface area contributed by atoms with E-state index in [1.807, 2.05) is 52.0 Å². The minimum absolute atomic E-state index is 0.00967. The van der Waals surface area contributed by atoms with Crippen LogP contribution in [-0.2, 0) is 20.3 Å². The molecular formula is C50H56F12O5. The van der Waals surface area contributed by atoms with E-state index < -0.39 is 53.5 Å². The Hall–Kier alpha value is -5.00. The van der Waals surface area contributed by atoms with Gasteiger partial charge in [0.15, 0.2) is 0 Å². The van der Waals surface area contributed by atoms with Crippen LogP contribution in [0.5, 0.6) is 11.5 Å². The normalized spacial score (nSPS) is 13.6. The van der Waals surface area contributed by atoms with E-state index in [-0.39, 0.29) is 34.8 Å². The van der Waals surface area contributed by atoms with Crippen molar-refractivity contribution in [1.82, 2.24) is 0 Å². The Kier molecular flexibility index (Phi) is 17.7. The van der Waals surface area contributed by atoms with Crippen LogP contribution in [0.15, 0.2) is 84.9 Å². The summed E-state index contributed by atoms with van der Waals surface area (Å²) in [5.41, 5.74) is -4.03. The zero-order valence-electron chi connectivity index (χ0n) is 38.5. The number of halogens is 12. The van der Waals surface area contributed by atoms with Crippen molar-refractivity contribution in [2.45, 2.75) is 128 Å². The molecule has 0 heterocycles. The third kappa shape index (κ3) is 11.5. The lowest BCUT2D eigenvalue weighted by atomic mass is 9.70. The average molecular weight is 965 g/mol. The molecule has 0 fully saturated rings. The molecule has 0 aliphatic rings. The number of aromatic hydroxyl groups is 2. The van der Waals surface area contributed by atoms with E-state index in [9.17, 15) is 68.0 Å². The lowest BCUT2D eigenvalue weighted by Crippen LogP contribution is -2.57. The van der Waals surface area contributed by atoms with Crippen LogP contribution in [-0.4, -0.2) is 65.1 Å². The summed E-state index contributed by atoms with van der Waals surface area (Å²) in [6.45, 7) is 13.6. The highest BCUT2D eigenvalue weighted by Gasteiger charge is 2.71. The van der Waals surface area contributed by atoms with Crippen LogP contribution in [0.25, 0.3) is 12.2 Å². The number of aryl methyl sites for hydroxylation is 4. The van der Waals surface area contributed by atoms with Crippen molar-refractivity contribution in [2.24, 2.45) is 0 Å². The first-order chi connectivity index (χ1) is 30.8. The summed E-state index contributed by atoms with van der Waals surface area (Å²) in [6.07, 6.45) is -19.4. The molecule has 0 aromatic heterocycles. The van der Waals surface area contributed by atoms with Crippen LogP contribution < -0.4 is 0 Å². The van der Waals surface area contributed by atoms with E-state index >= 15 is 0 Å². The molecule has 4 aromatic carbocycles. The molecule has 0 spiro atoms. The largest absolute Gasteiger partial charge is 0.508 e. The summed E-state index contributed by atoms with van der Waals surface area (Å²) in [5, 5.41) is 29.1. The van der Waals surface area contributed by atoms with E-state index in [0.29, 0.717) is 54.0 Å². The summed E-state index contributed by atoms with van der Waals surface area (Å²) in [5.74, 6) is 0.327. The quantitative estimate of drug-likeness (QED) is 0.0817. The van der Waals surface area contributed by atoms with Crippen molar-refractivity contribution < 1.29 is 77.5 Å². The first kappa shape index (κ1) is 56.3. The van der Waals surface area contributed by atoms with Crippen LogP contribution in [0.2, 0.25) is 0 Å². The third-order valence-electron chi connectivity index (χ3n) is 12.7. The van der Waals surface area contributed by atoms with E-state index in [1.54, 1.807) is 64.1 Å². The summed E-state index contributed by atoms with van der Waals surface area (Å²) in [4.78, 5) is 0. The lowest BCUT2D eigenvalue weighted by molar-refractivity contribution is -0.372. The number of phenolic OH excluding ortho intramolecular Hbond substituents is 2. The summed E-state index contributed by atoms with van der Waals surface area (Å²) < 4.78 is 168. The highest BCUT2D eigenvalue weighted by molar-refractivity contribution is 5.59. The van der Waals surface area contributed by atoms with Crippen molar-refractivity contribution in [3.8, 4) is 11.5 Å². The minimum atomic E-state index is -5.91. The van der Waals surface area contributed by atoms with Gasteiger partial charge in [0.05, 0.1) is 0 Å². The molecular weight excluding hydrogens is 909 g/mol. The third-order valence-corrected chi connectivity index (χ3v) is 12.7. The number of hydrogen-bond donors (Lipinski definition) is 3. The van der Waals surface area contributed by atoms with Gasteiger partial charge in [-0.25, -0.2) is 0 Å². The molecule has 5 nitrogen and oxygen atoms in total. The van der Waals surface area contributed by atoms with Gasteiger partial charge >= 0.3 is 24.7 Å². The SMILES string of the molecule is CCC(CC)(c1ccc(O)c(C)c1)c1ccc(/C=C/C(O)(C(F)(F)F)C(F)(F)F)c(C)c1.CCC(CC)(c1ccc(O)c(C)c1)c1ccc(/C=C/C(OCOC)(C(F)(F)F)C(F)(F)F)c(C)c1. The molecule has 0 radical (unpaired) electrons. The molecule has 0 unspecified atom stereocenters. The Morgan fingerprint density at radius 1 is 0.463 bits per heavy atom. The topological polar surface area (TPSA) is 79.2 Å². The number of methoxy groups -OCH3 is 1. The second-order valence-electron chi connectivity index (χ2n) is 16.4. The fraction of sp³-hybridized carbons (Fsp3) is 0.440. The van der Waals surface area contributed by atoms with E-state index in [1.165, 1.54) is 12.1 Å². The van der Waals surface area contributed by atoms with Gasteiger partial charge in [0.1, 0.15) is 18.3 Å². The van der Waals surface area contributed by atoms with Gasteiger partial charge in [-0.05, 0) is 133 Å². The number of phenols is 2. The maximum Gasteiger partial charge on any atom is 0.430 e. The molecule has 0 atom stereocenters. The second-order valence-corrected chi connectivity index (χ2v) is 16.4. The minimum Gasteiger partial charge on any atom is -0.508 e. The molecule has 0 saturated carbocycles. The smallest absolute Gasteiger partial charge is 0.430 e. The van der Waals surface area contributed by atoms with Gasteiger partial charge < -0.3 is 24.8 Å². The van der Waals surface area contributed by atoms with Crippen LogP contribution in [0, 0.1) is 27.7 Å². The first-order valence-corrected chi connectivity index (χ1v) is 21.1. The molecule has 0 aliphatic heterocycles. The molecule has 370 valence electrons. The van der Waals surface area contributed by atoms with Crippen LogP contribution in [0.3, 0.4) is 0 Å². The molecule has 0 aliphatic carbocycles. The monoisotopic (exact) mass is 964 g/mol. The standard InChI is InChI=1S/C26H30F6O3.C24H26F6O2/c1-6-23(7-2,21-10-11-22(33)18(4)15-21)20-9-8-19(17(3)14-20)12-13-24(25(27,28)29,26(30,31)32)35-16-34-5;1-5-21(6-2,19-9-10-20(31)16(4)14-19)18-8-7-17(15(3)13-18)11-12-22(32,23(25,26)27)24(28,29)30/h8-15,33H,6-7,16H2,1-5H3;7-14,31-32H,5-6H2,1-4H3/b13-12+;12-11+. The number of rotatable bonds is 15. The van der Waals surface area contributed by atoms with Gasteiger partial charge in [-0.2, -0.15) is 52.7 Å². The molecule has 0 saturated heterocycles. The molecule has 17 heteroatoms. The fourth-order valence-electron chi connectivity index (χ4n) is 8.17. The van der Waals surface area contributed by atoms with E-state index in [4.69, 9.17) is 0 Å². The number of hydrogen-bond acceptors (Lipinski definition) is 5. The van der Waals surface area contributed by atoms with Crippen molar-refractivity contribution >= 4 is 12.2 Å². The lowest BCUT2D eigenvalue weighted by Gasteiger charge is -2.35. The zero-order chi connectivity index (χ0) is 51.2. The Bertz CT molecular complexity index is 2320. The fourth-order valence-corrected chi connectivity index (χ4v) is 8.17. The van der Waals surface area contributed by atoms with Crippen molar-refractivity contribution in [2.75, 3.05) is 13.9 Å². The van der Waals surface area contributed by atoms with Gasteiger partial charge in [-0.1, -0.05) is 101 Å². The summed E-state index contributed by atoms with van der Waals surface area (Å²) in [6, 6.07) is 20.4. The van der Waals surface area contributed by atoms with Crippen LogP contribution in [0.1, 0.15) is 109 Å². The first-order valence-electron chi connectivity index (χ1n) is 21.1.